The van der Waals surface area contributed by atoms with Crippen LogP contribution >= 0.6 is 0 Å². The molecule has 0 heterocycles. The Bertz CT molecular complexity index is 90.4. The molecule has 0 fully saturated rings. The number of allylic oxidation sites excluding steroid dienone is 3. The molecule has 0 amide bonds. The van der Waals surface area contributed by atoms with Crippen molar-refractivity contribution in [2.24, 2.45) is 0 Å². The first-order chi connectivity index (χ1) is 3.31. The van der Waals surface area contributed by atoms with Crippen LogP contribution in [-0.4, -0.2) is 49.0 Å². The van der Waals surface area contributed by atoms with E-state index in [0.29, 0.717) is 0 Å². The summed E-state index contributed by atoms with van der Waals surface area (Å²) in [5.41, 5.74) is 1.37. The van der Waals surface area contributed by atoms with Crippen LogP contribution in [-0.2, 0) is 0 Å². The minimum atomic E-state index is 0.872. The van der Waals surface area contributed by atoms with Gasteiger partial charge in [-0.05, 0) is 0 Å². The summed E-state index contributed by atoms with van der Waals surface area (Å²) < 4.78 is 2.22. The number of hydrogen-bond acceptors (Lipinski definition) is 0. The monoisotopic (exact) mass is 120 g/mol. The van der Waals surface area contributed by atoms with Gasteiger partial charge in [0.25, 0.3) is 0 Å². The molecule has 0 aliphatic carbocycles. The van der Waals surface area contributed by atoms with Crippen LogP contribution in [0.1, 0.15) is 13.8 Å². The summed E-state index contributed by atoms with van der Waals surface area (Å²) in [7, 11) is 0. The van der Waals surface area contributed by atoms with Crippen LogP contribution in [0.15, 0.2) is 17.9 Å². The van der Waals surface area contributed by atoms with Crippen molar-refractivity contribution in [2.75, 3.05) is 0 Å². The SMILES string of the molecule is CC=C(C)C=[CH][K]. The molecule has 0 N–H and O–H groups in total. The van der Waals surface area contributed by atoms with Crippen LogP contribution in [0.25, 0.3) is 0 Å². The van der Waals surface area contributed by atoms with Gasteiger partial charge in [-0.1, -0.05) is 0 Å². The molecule has 0 aromatic rings. The summed E-state index contributed by atoms with van der Waals surface area (Å²) in [6.45, 7) is 4.17. The van der Waals surface area contributed by atoms with Crippen molar-refractivity contribution in [3.05, 3.63) is 17.9 Å². The Labute approximate surface area is 79.3 Å². The van der Waals surface area contributed by atoms with Gasteiger partial charge in [0.05, 0.1) is 0 Å². The molecule has 0 aromatic heterocycles. The van der Waals surface area contributed by atoms with E-state index < -0.39 is 0 Å². The normalized spacial score (nSPS) is 13.4. The van der Waals surface area contributed by atoms with Gasteiger partial charge in [0.1, 0.15) is 0 Å². The van der Waals surface area contributed by atoms with Crippen molar-refractivity contribution >= 4 is 49.0 Å². The Balaban J connectivity index is 3.58. The second kappa shape index (κ2) is 5.26. The molecule has 34 valence electrons. The fourth-order valence-electron chi connectivity index (χ4n) is 0.359. The van der Waals surface area contributed by atoms with E-state index in [4.69, 9.17) is 0 Å². The van der Waals surface area contributed by atoms with Gasteiger partial charge in [0.15, 0.2) is 0 Å². The number of hydrogen-bond donors (Lipinski definition) is 0. The van der Waals surface area contributed by atoms with Gasteiger partial charge in [-0.3, -0.25) is 0 Å². The summed E-state index contributed by atoms with van der Waals surface area (Å²) >= 11 is 0.872. The predicted octanol–water partition coefficient (Wildman–Crippen LogP) is 1.63. The molecule has 0 saturated heterocycles. The molecule has 0 atom stereocenters. The summed E-state index contributed by atoms with van der Waals surface area (Å²) in [6.07, 6.45) is 4.28. The molecule has 0 rings (SSSR count). The van der Waals surface area contributed by atoms with E-state index in [1.165, 1.54) is 5.57 Å². The molecule has 0 spiro atoms. The van der Waals surface area contributed by atoms with Crippen LogP contribution < -0.4 is 0 Å². The topological polar surface area (TPSA) is 0 Å². The standard InChI is InChI=1S/C6H9.K/c1-4-6(3)5-2;/h1,4-5H,2-3H3;. The van der Waals surface area contributed by atoms with Crippen LogP contribution in [0.4, 0.5) is 0 Å². The van der Waals surface area contributed by atoms with Crippen molar-refractivity contribution in [3.63, 3.8) is 0 Å². The second-order valence-corrected chi connectivity index (χ2v) is 2.57. The fraction of sp³-hybridized carbons (Fsp3) is 0.333. The molecule has 0 radical (unpaired) electrons. The maximum absolute atomic E-state index is 2.22. The van der Waals surface area contributed by atoms with Gasteiger partial charge in [0.2, 0.25) is 0 Å². The van der Waals surface area contributed by atoms with Gasteiger partial charge in [0, 0.05) is 0 Å². The molecular weight excluding hydrogens is 111 g/mol. The zero-order valence-electron chi connectivity index (χ0n) is 5.23. The van der Waals surface area contributed by atoms with E-state index in [1.54, 1.807) is 0 Å². The van der Waals surface area contributed by atoms with E-state index in [1.807, 2.05) is 0 Å². The Morgan fingerprint density at radius 3 is 2.29 bits per heavy atom. The van der Waals surface area contributed by atoms with E-state index in [-0.39, 0.29) is 0 Å². The summed E-state index contributed by atoms with van der Waals surface area (Å²) in [5, 5.41) is 0. The summed E-state index contributed by atoms with van der Waals surface area (Å²) in [6, 6.07) is 0. The van der Waals surface area contributed by atoms with E-state index in [2.05, 4.69) is 26.2 Å². The first kappa shape index (κ1) is 8.12. The van der Waals surface area contributed by atoms with Crippen molar-refractivity contribution in [3.8, 4) is 0 Å². The fourth-order valence-corrected chi connectivity index (χ4v) is 1.18. The minimum absolute atomic E-state index is 0.872. The van der Waals surface area contributed by atoms with E-state index >= 15 is 0 Å². The Morgan fingerprint density at radius 1 is 1.57 bits per heavy atom. The zero-order valence-corrected chi connectivity index (χ0v) is 8.36. The third-order valence-corrected chi connectivity index (χ3v) is 1.41. The average molecular weight is 120 g/mol. The zero-order chi connectivity index (χ0) is 5.70. The van der Waals surface area contributed by atoms with Crippen molar-refractivity contribution < 1.29 is 0 Å². The molecule has 0 nitrogen and oxygen atoms in total. The van der Waals surface area contributed by atoms with Crippen LogP contribution in [0.5, 0.6) is 0 Å². The molecule has 0 aliphatic heterocycles. The molecule has 0 saturated carbocycles. The van der Waals surface area contributed by atoms with E-state index in [0.717, 1.165) is 49.0 Å². The van der Waals surface area contributed by atoms with Gasteiger partial charge in [-0.15, -0.1) is 0 Å². The molecule has 0 bridgehead atoms. The van der Waals surface area contributed by atoms with Gasteiger partial charge < -0.3 is 0 Å². The van der Waals surface area contributed by atoms with Crippen LogP contribution in [0.2, 0.25) is 0 Å². The van der Waals surface area contributed by atoms with Gasteiger partial charge >= 0.3 is 80.7 Å². The molecule has 1 heteroatoms. The Hall–Kier alpha value is 1.12. The van der Waals surface area contributed by atoms with Crippen LogP contribution in [0, 0.1) is 0 Å². The van der Waals surface area contributed by atoms with Crippen molar-refractivity contribution in [1.29, 1.82) is 0 Å². The molecule has 0 aliphatic rings. The summed E-state index contributed by atoms with van der Waals surface area (Å²) in [5.74, 6) is 0. The maximum atomic E-state index is 2.22. The number of rotatable bonds is 1. The second-order valence-electron chi connectivity index (χ2n) is 1.53. The Morgan fingerprint density at radius 2 is 2.14 bits per heavy atom. The Kier molecular flexibility index (Phi) is 6.10. The first-order valence-electron chi connectivity index (χ1n) is 2.57. The molecule has 0 aromatic carbocycles. The quantitative estimate of drug-likeness (QED) is 0.364. The molecular formula is C6H9K. The van der Waals surface area contributed by atoms with E-state index in [9.17, 15) is 0 Å². The van der Waals surface area contributed by atoms with Gasteiger partial charge in [-0.25, -0.2) is 0 Å². The average Bonchev–Trinajstić information content (AvgIpc) is 1.68. The molecule has 7 heavy (non-hydrogen) atoms. The third-order valence-electron chi connectivity index (χ3n) is 0.885. The van der Waals surface area contributed by atoms with Crippen molar-refractivity contribution in [1.82, 2.24) is 0 Å². The summed E-state index contributed by atoms with van der Waals surface area (Å²) in [4.78, 5) is 0. The van der Waals surface area contributed by atoms with Crippen LogP contribution in [0.3, 0.4) is 0 Å². The van der Waals surface area contributed by atoms with Crippen molar-refractivity contribution in [2.45, 2.75) is 13.8 Å². The van der Waals surface area contributed by atoms with Gasteiger partial charge in [-0.2, -0.15) is 0 Å². The first-order valence-corrected chi connectivity index (χ1v) is 4.37. The third kappa shape index (κ3) is 4.98. The molecule has 0 unspecified atom stereocenters. The predicted molar refractivity (Wildman–Crippen MR) is 34.3 cm³/mol.